The van der Waals surface area contributed by atoms with Crippen molar-refractivity contribution in [2.45, 2.75) is 89.8 Å². The van der Waals surface area contributed by atoms with Crippen LogP contribution in [0.4, 0.5) is 5.69 Å². The molecule has 11 nitrogen and oxygen atoms in total. The van der Waals surface area contributed by atoms with E-state index in [0.717, 1.165) is 31.1 Å². The maximum atomic E-state index is 13.6. The molecule has 4 bridgehead atoms. The molecule has 0 saturated heterocycles. The molecule has 4 fully saturated rings. The molecular weight excluding hydrogens is 612 g/mol. The molecule has 4 aliphatic carbocycles. The van der Waals surface area contributed by atoms with Crippen LogP contribution in [0.1, 0.15) is 80.8 Å². The minimum atomic E-state index is -1.08. The van der Waals surface area contributed by atoms with Crippen LogP contribution in [0, 0.1) is 24.2 Å². The first kappa shape index (κ1) is 33.2. The van der Waals surface area contributed by atoms with Gasteiger partial charge in [-0.15, -0.1) is 0 Å². The molecule has 0 spiro atoms. The normalized spacial score (nSPS) is 24.8. The zero-order chi connectivity index (χ0) is 34.1. The molecular formula is C37H44N4O7. The van der Waals surface area contributed by atoms with E-state index in [0.29, 0.717) is 28.4 Å². The number of aromatic nitrogens is 1. The van der Waals surface area contributed by atoms with E-state index >= 15 is 0 Å². The summed E-state index contributed by atoms with van der Waals surface area (Å²) in [7, 11) is 1.26. The number of nitrogens with zero attached hydrogens (tertiary/aromatic N) is 1. The number of ether oxygens (including phenoxy) is 1. The number of benzene rings is 1. The number of pyridine rings is 1. The van der Waals surface area contributed by atoms with E-state index in [1.165, 1.54) is 49.3 Å². The molecule has 3 aromatic rings. The third-order valence-corrected chi connectivity index (χ3v) is 10.7. The second-order valence-electron chi connectivity index (χ2n) is 14.1. The van der Waals surface area contributed by atoms with Crippen molar-refractivity contribution in [3.05, 3.63) is 76.4 Å². The van der Waals surface area contributed by atoms with Crippen molar-refractivity contribution >= 4 is 40.3 Å². The van der Waals surface area contributed by atoms with Gasteiger partial charge in [0, 0.05) is 28.8 Å². The highest BCUT2D eigenvalue weighted by atomic mass is 16.5. The van der Waals surface area contributed by atoms with Crippen molar-refractivity contribution in [2.24, 2.45) is 17.3 Å². The van der Waals surface area contributed by atoms with Crippen LogP contribution < -0.4 is 21.5 Å². The standard InChI is InChI=1S/C37H44N4O7/c1-4-36-17-24-16-25(18-36)20-37(19-24,22-36)40-30(42)21-41-15-9-12-28(35(41)46)39-33(44)27(11-6-8-14-31(43)47-3)38-34(45)32-23(2)26-10-5-7-13-29(26)48-32/h5,7-10,12-15,24-25,27H,4,6,11,16-22H2,1-3H3,(H,38,45)(H,39,44)(H,40,42)/b14-8+. The Labute approximate surface area is 279 Å². The Morgan fingerprint density at radius 1 is 1.08 bits per heavy atom. The Balaban J connectivity index is 1.15. The summed E-state index contributed by atoms with van der Waals surface area (Å²) in [4.78, 5) is 65.3. The number of esters is 1. The molecule has 0 aliphatic heterocycles. The minimum absolute atomic E-state index is 0.0145. The number of amides is 3. The number of methoxy groups -OCH3 is 1. The van der Waals surface area contributed by atoms with Crippen molar-refractivity contribution in [2.75, 3.05) is 12.4 Å². The Morgan fingerprint density at radius 2 is 1.83 bits per heavy atom. The topological polar surface area (TPSA) is 149 Å². The van der Waals surface area contributed by atoms with Gasteiger partial charge < -0.3 is 29.7 Å². The summed E-state index contributed by atoms with van der Waals surface area (Å²) in [5, 5.41) is 9.52. The van der Waals surface area contributed by atoms with Crippen LogP contribution in [0.5, 0.6) is 0 Å². The molecule has 4 saturated carbocycles. The van der Waals surface area contributed by atoms with Crippen LogP contribution in [0.25, 0.3) is 11.0 Å². The lowest BCUT2D eigenvalue weighted by Crippen LogP contribution is -2.63. The first-order valence-corrected chi connectivity index (χ1v) is 16.9. The van der Waals surface area contributed by atoms with E-state index in [1.807, 2.05) is 12.1 Å². The molecule has 11 heteroatoms. The van der Waals surface area contributed by atoms with Crippen LogP contribution in [0.3, 0.4) is 0 Å². The lowest BCUT2D eigenvalue weighted by atomic mass is 9.46. The molecule has 3 N–H and O–H groups in total. The van der Waals surface area contributed by atoms with Gasteiger partial charge in [-0.25, -0.2) is 4.79 Å². The van der Waals surface area contributed by atoms with Crippen molar-refractivity contribution in [3.8, 4) is 0 Å². The summed E-state index contributed by atoms with van der Waals surface area (Å²) in [6.45, 7) is 3.86. The van der Waals surface area contributed by atoms with Gasteiger partial charge in [-0.2, -0.15) is 0 Å². The van der Waals surface area contributed by atoms with E-state index in [-0.39, 0.29) is 42.3 Å². The summed E-state index contributed by atoms with van der Waals surface area (Å²) in [6.07, 6.45) is 12.6. The van der Waals surface area contributed by atoms with Gasteiger partial charge in [0.05, 0.1) is 7.11 Å². The van der Waals surface area contributed by atoms with Gasteiger partial charge >= 0.3 is 5.97 Å². The summed E-state index contributed by atoms with van der Waals surface area (Å²) in [6, 6.07) is 9.24. The molecule has 2 heterocycles. The predicted molar refractivity (Wildman–Crippen MR) is 180 cm³/mol. The maximum absolute atomic E-state index is 13.6. The minimum Gasteiger partial charge on any atom is -0.466 e. The fourth-order valence-electron chi connectivity index (χ4n) is 8.87. The molecule has 2 aromatic heterocycles. The van der Waals surface area contributed by atoms with Crippen LogP contribution in [0.15, 0.2) is 64.0 Å². The highest BCUT2D eigenvalue weighted by Gasteiger charge is 2.57. The van der Waals surface area contributed by atoms with Gasteiger partial charge in [0.2, 0.25) is 11.8 Å². The Morgan fingerprint density at radius 3 is 2.54 bits per heavy atom. The van der Waals surface area contributed by atoms with Gasteiger partial charge in [0.25, 0.3) is 11.5 Å². The lowest BCUT2D eigenvalue weighted by Gasteiger charge is -2.62. The maximum Gasteiger partial charge on any atom is 0.330 e. The fourth-order valence-corrected chi connectivity index (χ4v) is 8.87. The number of carbonyl (C=O) groups is 4. The number of allylic oxidation sites excluding steroid dienone is 1. The number of para-hydroxylation sites is 1. The SMILES string of the molecule is CCC12CC3CC(C1)CC(NC(=O)Cn1cccc(NC(=O)C(CC/C=C/C(=O)OC)NC(=O)c4oc5ccccc5c4C)c1=O)(C3)C2. The number of aryl methyl sites for hydroxylation is 1. The van der Waals surface area contributed by atoms with Crippen LogP contribution in [-0.4, -0.2) is 46.9 Å². The molecule has 3 amide bonds. The highest BCUT2D eigenvalue weighted by Crippen LogP contribution is 2.62. The third kappa shape index (κ3) is 6.81. The first-order chi connectivity index (χ1) is 23.0. The Hall–Kier alpha value is -4.67. The summed E-state index contributed by atoms with van der Waals surface area (Å²) < 4.78 is 11.7. The largest absolute Gasteiger partial charge is 0.466 e. The van der Waals surface area contributed by atoms with Crippen molar-refractivity contribution in [1.29, 1.82) is 0 Å². The summed E-state index contributed by atoms with van der Waals surface area (Å²) >= 11 is 0. The van der Waals surface area contributed by atoms with Gasteiger partial charge in [0.1, 0.15) is 23.9 Å². The van der Waals surface area contributed by atoms with Crippen LogP contribution in [-0.2, 0) is 25.7 Å². The Kier molecular flexibility index (Phi) is 9.31. The highest BCUT2D eigenvalue weighted by molar-refractivity contribution is 6.03. The Bertz CT molecular complexity index is 1810. The summed E-state index contributed by atoms with van der Waals surface area (Å²) in [5.74, 6) is -0.590. The van der Waals surface area contributed by atoms with Gasteiger partial charge in [-0.05, 0) is 93.7 Å². The molecule has 1 aromatic carbocycles. The number of hydrogen-bond donors (Lipinski definition) is 3. The van der Waals surface area contributed by atoms with E-state index in [9.17, 15) is 24.0 Å². The van der Waals surface area contributed by atoms with Crippen molar-refractivity contribution in [1.82, 2.24) is 15.2 Å². The van der Waals surface area contributed by atoms with Crippen molar-refractivity contribution in [3.63, 3.8) is 0 Å². The number of hydrogen-bond acceptors (Lipinski definition) is 7. The van der Waals surface area contributed by atoms with Crippen LogP contribution in [0.2, 0.25) is 0 Å². The average Bonchev–Trinajstić information content (AvgIpc) is 3.39. The van der Waals surface area contributed by atoms with E-state index < -0.39 is 29.4 Å². The second-order valence-corrected chi connectivity index (χ2v) is 14.1. The molecule has 0 radical (unpaired) electrons. The predicted octanol–water partition coefficient (Wildman–Crippen LogP) is 5.01. The lowest BCUT2D eigenvalue weighted by molar-refractivity contribution is -0.135. The number of nitrogens with one attached hydrogen (secondary N) is 3. The van der Waals surface area contributed by atoms with Gasteiger partial charge in [-0.1, -0.05) is 37.6 Å². The molecule has 4 aliphatic rings. The monoisotopic (exact) mass is 656 g/mol. The third-order valence-electron chi connectivity index (χ3n) is 10.7. The number of furan rings is 1. The first-order valence-electron chi connectivity index (χ1n) is 16.9. The fraction of sp³-hybridized carbons (Fsp3) is 0.486. The summed E-state index contributed by atoms with van der Waals surface area (Å²) in [5.41, 5.74) is 0.736. The number of rotatable bonds is 12. The number of anilines is 1. The van der Waals surface area contributed by atoms with E-state index in [2.05, 4.69) is 27.6 Å². The smallest absolute Gasteiger partial charge is 0.330 e. The van der Waals surface area contributed by atoms with Crippen LogP contribution >= 0.6 is 0 Å². The van der Waals surface area contributed by atoms with E-state index in [4.69, 9.17) is 4.42 Å². The van der Waals surface area contributed by atoms with Gasteiger partial charge in [-0.3, -0.25) is 19.2 Å². The average molecular weight is 657 g/mol. The zero-order valence-corrected chi connectivity index (χ0v) is 27.8. The van der Waals surface area contributed by atoms with Crippen molar-refractivity contribution < 1.29 is 28.3 Å². The van der Waals surface area contributed by atoms with Gasteiger partial charge in [0.15, 0.2) is 5.76 Å². The molecule has 254 valence electrons. The second kappa shape index (κ2) is 13.4. The molecule has 48 heavy (non-hydrogen) atoms. The molecule has 3 unspecified atom stereocenters. The quantitative estimate of drug-likeness (QED) is 0.183. The van der Waals surface area contributed by atoms with E-state index in [1.54, 1.807) is 31.2 Å². The molecule has 3 atom stereocenters. The zero-order valence-electron chi connectivity index (χ0n) is 27.8. The number of carbonyl (C=O) groups excluding carboxylic acids is 4. The number of fused-ring (bicyclic) bond motifs is 1. The molecule has 7 rings (SSSR count).